The van der Waals surface area contributed by atoms with Crippen LogP contribution in [0.2, 0.25) is 0 Å². The Morgan fingerprint density at radius 3 is 2.17 bits per heavy atom. The molecule has 0 unspecified atom stereocenters. The van der Waals surface area contributed by atoms with Gasteiger partial charge in [-0.3, -0.25) is 9.69 Å². The number of benzene rings is 2. The average Bonchev–Trinajstić information content (AvgIpc) is 2.77. The highest BCUT2D eigenvalue weighted by Crippen LogP contribution is 2.23. The van der Waals surface area contributed by atoms with Gasteiger partial charge in [0.25, 0.3) is 0 Å². The fourth-order valence-electron chi connectivity index (χ4n) is 4.47. The zero-order valence-electron chi connectivity index (χ0n) is 17.3. The molecule has 0 aliphatic carbocycles. The molecule has 2 aromatic rings. The van der Waals surface area contributed by atoms with E-state index in [1.165, 1.54) is 17.7 Å². The van der Waals surface area contributed by atoms with Crippen LogP contribution in [0.4, 0.5) is 10.1 Å². The first-order valence-electron chi connectivity index (χ1n) is 10.9. The average molecular weight is 412 g/mol. The van der Waals surface area contributed by atoms with Crippen LogP contribution in [0, 0.1) is 11.7 Å². The molecule has 1 N–H and O–H groups in total. The predicted molar refractivity (Wildman–Crippen MR) is 116 cm³/mol. The van der Waals surface area contributed by atoms with Gasteiger partial charge in [-0.15, -0.1) is 0 Å². The topological polar surface area (TPSA) is 47.0 Å². The van der Waals surface area contributed by atoms with Crippen molar-refractivity contribution < 1.29 is 14.3 Å². The predicted octanol–water partition coefficient (Wildman–Crippen LogP) is 3.13. The van der Waals surface area contributed by atoms with Gasteiger partial charge in [-0.05, 0) is 80.2 Å². The van der Waals surface area contributed by atoms with Crippen LogP contribution < -0.4 is 4.90 Å². The van der Waals surface area contributed by atoms with Crippen molar-refractivity contribution in [2.45, 2.75) is 19.3 Å². The summed E-state index contributed by atoms with van der Waals surface area (Å²) in [5.41, 5.74) is 2.28. The summed E-state index contributed by atoms with van der Waals surface area (Å²) in [4.78, 5) is 19.3. The minimum atomic E-state index is -0.184. The molecule has 6 heteroatoms. The molecule has 2 heterocycles. The molecule has 0 radical (unpaired) electrons. The number of piperazine rings is 1. The van der Waals surface area contributed by atoms with Gasteiger partial charge in [-0.25, -0.2) is 4.39 Å². The molecule has 2 aliphatic rings. The van der Waals surface area contributed by atoms with Crippen molar-refractivity contribution in [3.8, 4) is 5.75 Å². The number of carbonyl (C=O) groups is 1. The zero-order valence-corrected chi connectivity index (χ0v) is 17.3. The monoisotopic (exact) mass is 411 g/mol. The van der Waals surface area contributed by atoms with Crippen LogP contribution in [0.5, 0.6) is 5.75 Å². The molecule has 0 aromatic heterocycles. The number of aromatic hydroxyl groups is 1. The smallest absolute Gasteiger partial charge is 0.236 e. The van der Waals surface area contributed by atoms with Crippen molar-refractivity contribution in [1.29, 1.82) is 0 Å². The largest absolute Gasteiger partial charge is 0.508 e. The quantitative estimate of drug-likeness (QED) is 0.821. The summed E-state index contributed by atoms with van der Waals surface area (Å²) in [7, 11) is 0. The van der Waals surface area contributed by atoms with Gasteiger partial charge in [0.15, 0.2) is 0 Å². The molecule has 0 saturated carbocycles. The molecule has 2 fully saturated rings. The number of halogens is 1. The lowest BCUT2D eigenvalue weighted by molar-refractivity contribution is -0.133. The third-order valence-corrected chi connectivity index (χ3v) is 6.35. The van der Waals surface area contributed by atoms with Gasteiger partial charge in [0.05, 0.1) is 6.54 Å². The van der Waals surface area contributed by atoms with Crippen LogP contribution in [0.15, 0.2) is 48.5 Å². The van der Waals surface area contributed by atoms with E-state index in [1.807, 2.05) is 29.2 Å². The third kappa shape index (κ3) is 5.30. The summed E-state index contributed by atoms with van der Waals surface area (Å²) in [6.45, 7) is 5.51. The molecule has 0 atom stereocenters. The van der Waals surface area contributed by atoms with Crippen molar-refractivity contribution in [2.24, 2.45) is 5.92 Å². The van der Waals surface area contributed by atoms with Crippen LogP contribution in [0.1, 0.15) is 18.4 Å². The van der Waals surface area contributed by atoms with E-state index in [4.69, 9.17) is 0 Å². The minimum absolute atomic E-state index is 0.184. The zero-order chi connectivity index (χ0) is 20.9. The first-order chi connectivity index (χ1) is 14.6. The summed E-state index contributed by atoms with van der Waals surface area (Å²) in [6, 6.07) is 14.1. The lowest BCUT2D eigenvalue weighted by Gasteiger charge is -2.38. The van der Waals surface area contributed by atoms with E-state index in [2.05, 4.69) is 9.80 Å². The number of likely N-dealkylation sites (tertiary alicyclic amines) is 1. The Kier molecular flexibility index (Phi) is 6.53. The summed E-state index contributed by atoms with van der Waals surface area (Å²) in [6.07, 6.45) is 3.15. The highest BCUT2D eigenvalue weighted by molar-refractivity contribution is 5.78. The number of phenols is 1. The second-order valence-electron chi connectivity index (χ2n) is 8.43. The van der Waals surface area contributed by atoms with E-state index in [0.717, 1.165) is 64.2 Å². The first-order valence-corrected chi connectivity index (χ1v) is 10.9. The van der Waals surface area contributed by atoms with Crippen LogP contribution >= 0.6 is 0 Å². The molecule has 5 nitrogen and oxygen atoms in total. The van der Waals surface area contributed by atoms with Gasteiger partial charge < -0.3 is 14.9 Å². The van der Waals surface area contributed by atoms with Gasteiger partial charge >= 0.3 is 0 Å². The van der Waals surface area contributed by atoms with Crippen molar-refractivity contribution >= 4 is 11.6 Å². The van der Waals surface area contributed by atoms with Crippen LogP contribution in [-0.4, -0.2) is 66.6 Å². The first kappa shape index (κ1) is 20.7. The molecule has 30 heavy (non-hydrogen) atoms. The molecule has 2 aromatic carbocycles. The van der Waals surface area contributed by atoms with E-state index < -0.39 is 0 Å². The number of carbonyl (C=O) groups excluding carboxylic acids is 1. The standard InChI is InChI=1S/C24H30FN3O2/c25-21-3-1-19(2-4-21)17-20-9-11-26(12-10-20)18-24(30)28-15-13-27(14-16-28)22-5-7-23(29)8-6-22/h1-8,20,29H,9-18H2. The van der Waals surface area contributed by atoms with Gasteiger partial charge in [0, 0.05) is 31.9 Å². The molecule has 1 amide bonds. The number of piperidine rings is 1. The highest BCUT2D eigenvalue weighted by atomic mass is 19.1. The molecule has 0 spiro atoms. The number of phenolic OH excluding ortho intramolecular Hbond substituents is 1. The molecule has 4 rings (SSSR count). The summed E-state index contributed by atoms with van der Waals surface area (Å²) >= 11 is 0. The second-order valence-corrected chi connectivity index (χ2v) is 8.43. The van der Waals surface area contributed by atoms with E-state index in [1.54, 1.807) is 12.1 Å². The fraction of sp³-hybridized carbons (Fsp3) is 0.458. The second kappa shape index (κ2) is 9.47. The Labute approximate surface area is 177 Å². The maximum Gasteiger partial charge on any atom is 0.236 e. The molecule has 2 saturated heterocycles. The normalized spacial score (nSPS) is 18.6. The Morgan fingerprint density at radius 2 is 1.53 bits per heavy atom. The number of hydrogen-bond donors (Lipinski definition) is 1. The number of anilines is 1. The summed E-state index contributed by atoms with van der Waals surface area (Å²) in [5, 5.41) is 9.44. The summed E-state index contributed by atoms with van der Waals surface area (Å²) < 4.78 is 13.1. The maximum atomic E-state index is 13.1. The van der Waals surface area contributed by atoms with Crippen LogP contribution in [-0.2, 0) is 11.2 Å². The number of rotatable bonds is 5. The molecular formula is C24H30FN3O2. The van der Waals surface area contributed by atoms with Crippen molar-refractivity contribution in [3.05, 3.63) is 59.9 Å². The number of amides is 1. The lowest BCUT2D eigenvalue weighted by atomic mass is 9.90. The molecule has 160 valence electrons. The minimum Gasteiger partial charge on any atom is -0.508 e. The van der Waals surface area contributed by atoms with E-state index in [0.29, 0.717) is 12.5 Å². The SMILES string of the molecule is O=C(CN1CCC(Cc2ccc(F)cc2)CC1)N1CCN(c2ccc(O)cc2)CC1. The van der Waals surface area contributed by atoms with Crippen molar-refractivity contribution in [3.63, 3.8) is 0 Å². The summed E-state index contributed by atoms with van der Waals surface area (Å²) in [5.74, 6) is 0.915. The number of nitrogens with zero attached hydrogens (tertiary/aromatic N) is 3. The van der Waals surface area contributed by atoms with E-state index >= 15 is 0 Å². The van der Waals surface area contributed by atoms with Gasteiger partial charge in [-0.2, -0.15) is 0 Å². The Balaban J connectivity index is 1.19. The van der Waals surface area contributed by atoms with Gasteiger partial charge in [0.1, 0.15) is 11.6 Å². The van der Waals surface area contributed by atoms with Crippen molar-refractivity contribution in [1.82, 2.24) is 9.80 Å². The van der Waals surface area contributed by atoms with E-state index in [-0.39, 0.29) is 17.5 Å². The Morgan fingerprint density at radius 1 is 0.900 bits per heavy atom. The Bertz CT molecular complexity index is 825. The van der Waals surface area contributed by atoms with Gasteiger partial charge in [0.2, 0.25) is 5.91 Å². The van der Waals surface area contributed by atoms with Gasteiger partial charge in [-0.1, -0.05) is 12.1 Å². The van der Waals surface area contributed by atoms with Crippen LogP contribution in [0.3, 0.4) is 0 Å². The molecular weight excluding hydrogens is 381 g/mol. The fourth-order valence-corrected chi connectivity index (χ4v) is 4.47. The van der Waals surface area contributed by atoms with Crippen molar-refractivity contribution in [2.75, 3.05) is 50.7 Å². The Hall–Kier alpha value is -2.60. The molecule has 2 aliphatic heterocycles. The molecule has 0 bridgehead atoms. The van der Waals surface area contributed by atoms with E-state index in [9.17, 15) is 14.3 Å². The van der Waals surface area contributed by atoms with Crippen LogP contribution in [0.25, 0.3) is 0 Å². The number of hydrogen-bond acceptors (Lipinski definition) is 4. The maximum absolute atomic E-state index is 13.1. The highest BCUT2D eigenvalue weighted by Gasteiger charge is 2.25. The third-order valence-electron chi connectivity index (χ3n) is 6.35. The lowest BCUT2D eigenvalue weighted by Crippen LogP contribution is -2.52.